The van der Waals surface area contributed by atoms with Crippen LogP contribution in [0.4, 0.5) is 0 Å². The van der Waals surface area contributed by atoms with Gasteiger partial charge in [0, 0.05) is 150 Å². The molecule has 15 nitrogen and oxygen atoms in total. The van der Waals surface area contributed by atoms with Crippen molar-refractivity contribution in [2.24, 2.45) is 35.2 Å². The van der Waals surface area contributed by atoms with Crippen molar-refractivity contribution >= 4 is 110 Å². The number of nitriles is 5. The molecule has 0 amide bonds. The predicted molar refractivity (Wildman–Crippen MR) is 529 cm³/mol. The molecule has 10 heterocycles. The fourth-order valence-corrected chi connectivity index (χ4v) is 18.8. The summed E-state index contributed by atoms with van der Waals surface area (Å²) < 4.78 is 84.4. The van der Waals surface area contributed by atoms with E-state index in [1.165, 1.54) is 22.5 Å². The average molecular weight is 1740 g/mol. The minimum atomic E-state index is -0.700. The van der Waals surface area contributed by atoms with Gasteiger partial charge in [-0.05, 0) is 229 Å². The summed E-state index contributed by atoms with van der Waals surface area (Å²) in [5.41, 5.74) is 40.5. The first-order chi connectivity index (χ1) is 65.0. The summed E-state index contributed by atoms with van der Waals surface area (Å²) in [5, 5.41) is 57.0. The van der Waals surface area contributed by atoms with E-state index in [1.807, 2.05) is 211 Å². The van der Waals surface area contributed by atoms with Crippen molar-refractivity contribution < 1.29 is 51.8 Å². The van der Waals surface area contributed by atoms with E-state index in [4.69, 9.17) is 28.9 Å². The van der Waals surface area contributed by atoms with Crippen LogP contribution < -0.4 is 22.8 Å². The van der Waals surface area contributed by atoms with Crippen LogP contribution in [0, 0.1) is 188 Å². The lowest BCUT2D eigenvalue weighted by molar-refractivity contribution is -0.666. The van der Waals surface area contributed by atoms with Crippen molar-refractivity contribution in [3.05, 3.63) is 322 Å². The van der Waals surface area contributed by atoms with Crippen LogP contribution >= 0.6 is 0 Å². The lowest BCUT2D eigenvalue weighted by atomic mass is 9.95. The molecule has 0 bridgehead atoms. The minimum Gasteiger partial charge on any atom is -0.455 e. The Labute approximate surface area is 778 Å². The summed E-state index contributed by atoms with van der Waals surface area (Å²) >= 11 is 0. The maximum atomic E-state index is 9.64. The molecule has 0 aliphatic carbocycles. The van der Waals surface area contributed by atoms with E-state index in [-0.39, 0.29) is 0 Å². The molecule has 0 aliphatic heterocycles. The van der Waals surface area contributed by atoms with Gasteiger partial charge in [0.2, 0.25) is 28.5 Å². The van der Waals surface area contributed by atoms with Crippen molar-refractivity contribution in [2.45, 2.75) is 151 Å². The van der Waals surface area contributed by atoms with E-state index in [9.17, 15) is 26.3 Å². The molecule has 0 aliphatic rings. The molecule has 0 unspecified atom stereocenters. The number of aromatic nitrogens is 5. The highest BCUT2D eigenvalue weighted by Gasteiger charge is 2.31. The highest BCUT2D eigenvalue weighted by Crippen LogP contribution is 2.46. The molecule has 0 N–H and O–H groups in total. The lowest BCUT2D eigenvalue weighted by Crippen LogP contribution is -2.35. The maximum absolute atomic E-state index is 9.64. The second-order valence-electron chi connectivity index (χ2n) is 35.8. The fourth-order valence-electron chi connectivity index (χ4n) is 18.8. The van der Waals surface area contributed by atoms with Gasteiger partial charge in [0.1, 0.15) is 91.1 Å². The van der Waals surface area contributed by atoms with E-state index >= 15 is 0 Å². The van der Waals surface area contributed by atoms with Gasteiger partial charge in [-0.3, -0.25) is 0 Å². The number of aryl methyl sites for hydroxylation is 15. The number of pyridine rings is 5. The molecule has 0 saturated carbocycles. The Bertz CT molecular complexity index is 8820. The third-order valence-corrected chi connectivity index (χ3v) is 26.1. The largest absolute Gasteiger partial charge is 0.455 e. The molecule has 652 valence electrons. The summed E-state index contributed by atoms with van der Waals surface area (Å²) in [6.45, 7) is 42.0. The lowest BCUT2D eigenvalue weighted by Gasteiger charge is -2.11. The van der Waals surface area contributed by atoms with Gasteiger partial charge in [-0.15, -0.1) is 0 Å². The van der Waals surface area contributed by atoms with Gasteiger partial charge in [-0.2, -0.15) is 49.1 Å². The topological polar surface area (TPSA) is 204 Å². The molecule has 10 aromatic carbocycles. The predicted octanol–water partition coefficient (Wildman–Crippen LogP) is 26.7. The van der Waals surface area contributed by atoms with Crippen LogP contribution in [0.15, 0.2) is 204 Å². The third-order valence-electron chi connectivity index (χ3n) is 26.1. The van der Waals surface area contributed by atoms with Crippen LogP contribution in [0.5, 0.6) is 0 Å². The summed E-state index contributed by atoms with van der Waals surface area (Å²) in [6.07, 6.45) is 0. The number of hydrogen-bond donors (Lipinski definition) is 0. The molecule has 0 spiro atoms. The van der Waals surface area contributed by atoms with Gasteiger partial charge in [-0.25, -0.2) is 0 Å². The van der Waals surface area contributed by atoms with Gasteiger partial charge in [0.05, 0.1) is 91.5 Å². The number of furan rings is 5. The zero-order valence-electron chi connectivity index (χ0n) is 85.0. The van der Waals surface area contributed by atoms with Gasteiger partial charge < -0.3 is 22.1 Å². The maximum Gasteiger partial charge on any atom is 0.216 e. The molecular weight excluding hydrogens is 1630 g/mol. The van der Waals surface area contributed by atoms with Crippen molar-refractivity contribution in [1.82, 2.24) is 0 Å². The zero-order valence-corrected chi connectivity index (χ0v) is 80.0. The molecule has 132 heavy (non-hydrogen) atoms. The monoisotopic (exact) mass is 1740 g/mol. The molecule has 0 atom stereocenters. The average Bonchev–Trinajstić information content (AvgIpc) is 1.63. The molecule has 0 saturated heterocycles. The van der Waals surface area contributed by atoms with Crippen molar-refractivity contribution in [3.63, 3.8) is 0 Å². The Morgan fingerprint density at radius 1 is 0.250 bits per heavy atom. The second kappa shape index (κ2) is 35.1. The Balaban J connectivity index is 0.000000124. The van der Waals surface area contributed by atoms with E-state index in [0.717, 1.165) is 222 Å². The van der Waals surface area contributed by atoms with Crippen molar-refractivity contribution in [3.8, 4) is 86.6 Å². The number of rotatable bonds is 6. The summed E-state index contributed by atoms with van der Waals surface area (Å²) in [6, 6.07) is 65.4. The molecule has 10 aromatic heterocycles. The number of fused-ring (bicyclic) bond motifs is 15. The van der Waals surface area contributed by atoms with Gasteiger partial charge in [0.25, 0.3) is 0 Å². The summed E-state index contributed by atoms with van der Waals surface area (Å²) in [7, 11) is 9.96. The summed E-state index contributed by atoms with van der Waals surface area (Å²) in [5.74, 6) is -0.700. The van der Waals surface area contributed by atoms with E-state index in [0.29, 0.717) is 85.4 Å². The first kappa shape index (κ1) is 83.3. The van der Waals surface area contributed by atoms with Gasteiger partial charge in [0.15, 0.2) is 28.5 Å². The first-order valence-corrected chi connectivity index (χ1v) is 44.2. The molecule has 0 radical (unpaired) electrons. The Kier molecular flexibility index (Phi) is 22.2. The number of benzene rings is 10. The fraction of sp³-hybridized carbons (Fsp3) is 0.231. The van der Waals surface area contributed by atoms with Crippen molar-refractivity contribution in [2.75, 3.05) is 0 Å². The highest BCUT2D eigenvalue weighted by atomic mass is 16.3. The first-order valence-electron chi connectivity index (χ1n) is 46.7. The second-order valence-corrected chi connectivity index (χ2v) is 35.8. The van der Waals surface area contributed by atoms with E-state index in [2.05, 4.69) is 180 Å². The van der Waals surface area contributed by atoms with Crippen LogP contribution in [-0.4, -0.2) is 0 Å². The third kappa shape index (κ3) is 15.7. The standard InChI is InChI=1S/C25H25N2O.4C23H21N2O/c1-14(2)19-11-17(5)27(6)21(12-19)22-15(3)8-10-20-23-18(13-26)9-7-16(4)24(23)28-25(20)22;2*1-13-10-16(4)25(5)19(11-13)20-14(2)7-9-18-21-17(12-24)8-6-15(3)22(21)26-23(18)20;2*1-13-8-16(4)25(5)19(10-13)21-15(3)6-7-18-22-17(12-24)9-14(2)11-20(22)26-23(18)21/h7-12,14H,1-6H3;4*6-11H,1-5H3/q5*+1/i14D;10D,11D;;8D,10D;. The van der Waals surface area contributed by atoms with Gasteiger partial charge in [-0.1, -0.05) is 92.7 Å². The van der Waals surface area contributed by atoms with Crippen molar-refractivity contribution in [1.29, 1.82) is 26.3 Å². The van der Waals surface area contributed by atoms with E-state index < -0.39 is 5.89 Å². The number of hydrogen-bond acceptors (Lipinski definition) is 10. The molecule has 20 rings (SSSR count). The molecule has 0 fully saturated rings. The van der Waals surface area contributed by atoms with Crippen LogP contribution in [0.1, 0.15) is 166 Å². The van der Waals surface area contributed by atoms with Crippen LogP contribution in [0.2, 0.25) is 0 Å². The Morgan fingerprint density at radius 2 is 0.508 bits per heavy atom. The summed E-state index contributed by atoms with van der Waals surface area (Å²) in [4.78, 5) is 0. The number of nitrogens with zero attached hydrogens (tertiary/aromatic N) is 10. The Morgan fingerprint density at radius 3 is 0.811 bits per heavy atom. The SMILES string of the molecule is Cc1cc(C)[n+](C)c(-c2c(C)ccc3c2oc2c(C)ccc(C#N)c23)c1.Cc1cc(C)[n+](C)c(-c2c(C)ccc3c2oc2cc(C)cc(C#N)c23)c1.[2H]C(C)(C)c1cc(C)[n+](C)c(-c2c(C)ccc3c2oc2c(C)ccc(C#N)c23)c1.[2H]c1c(C)c([2H])c(-c2c(C)ccc3c2oc2c(C)ccc(C#N)c23)[n+](C)c1C.[2H]c1c(C)c([2H])c(-c2c(C)ccc3c2oc2cc(C)cc(C#N)c23)[n+](C)c1C. The van der Waals surface area contributed by atoms with Crippen LogP contribution in [0.25, 0.3) is 166 Å². The Hall–Kier alpha value is -15.6. The van der Waals surface area contributed by atoms with Crippen LogP contribution in [0.3, 0.4) is 0 Å². The smallest absolute Gasteiger partial charge is 0.216 e. The minimum absolute atomic E-state index is 0.325. The highest BCUT2D eigenvalue weighted by molar-refractivity contribution is 6.17. The quantitative estimate of drug-likeness (QED) is 0.144. The van der Waals surface area contributed by atoms with Gasteiger partial charge >= 0.3 is 0 Å². The molecular formula is C117H109N10O5+5. The normalized spacial score (nSPS) is 11.9. The molecule has 20 aromatic rings. The zero-order chi connectivity index (χ0) is 98.9. The van der Waals surface area contributed by atoms with Crippen LogP contribution in [-0.2, 0) is 35.2 Å². The molecule has 15 heteroatoms. The van der Waals surface area contributed by atoms with E-state index in [1.54, 1.807) is 0 Å².